The van der Waals surface area contributed by atoms with Crippen LogP contribution >= 0.6 is 11.6 Å². The molecule has 1 aromatic rings. The van der Waals surface area contributed by atoms with Crippen LogP contribution in [0.3, 0.4) is 0 Å². The molecule has 0 amide bonds. The van der Waals surface area contributed by atoms with Gasteiger partial charge in [-0.25, -0.2) is 8.42 Å². The van der Waals surface area contributed by atoms with Crippen molar-refractivity contribution in [3.63, 3.8) is 0 Å². The number of rotatable bonds is 6. The van der Waals surface area contributed by atoms with Crippen LogP contribution in [0.1, 0.15) is 32.4 Å². The van der Waals surface area contributed by atoms with Gasteiger partial charge in [-0.1, -0.05) is 11.6 Å². The fraction of sp³-hybridized carbons (Fsp3) is 0.609. The Morgan fingerprint density at radius 1 is 1.21 bits per heavy atom. The maximum absolute atomic E-state index is 11.5. The lowest BCUT2D eigenvalue weighted by molar-refractivity contribution is 0.00780. The van der Waals surface area contributed by atoms with E-state index in [9.17, 15) is 8.42 Å². The minimum absolute atomic E-state index is 0.105. The molecule has 2 saturated heterocycles. The molecular formula is C23H35ClN6O2S. The van der Waals surface area contributed by atoms with E-state index in [-0.39, 0.29) is 6.17 Å². The van der Waals surface area contributed by atoms with Crippen molar-refractivity contribution < 1.29 is 8.42 Å². The van der Waals surface area contributed by atoms with Gasteiger partial charge in [-0.2, -0.15) is 0 Å². The van der Waals surface area contributed by atoms with E-state index >= 15 is 0 Å². The van der Waals surface area contributed by atoms with E-state index in [2.05, 4.69) is 43.6 Å². The monoisotopic (exact) mass is 494 g/mol. The average molecular weight is 495 g/mol. The molecule has 0 radical (unpaired) electrons. The number of nitrogens with one attached hydrogen (secondary N) is 2. The van der Waals surface area contributed by atoms with Gasteiger partial charge in [0.2, 0.25) is 10.0 Å². The van der Waals surface area contributed by atoms with Gasteiger partial charge in [0.05, 0.1) is 22.7 Å². The predicted molar refractivity (Wildman–Crippen MR) is 132 cm³/mol. The topological polar surface area (TPSA) is 80.8 Å². The second kappa shape index (κ2) is 10.3. The molecule has 4 heterocycles. The summed E-state index contributed by atoms with van der Waals surface area (Å²) in [5, 5.41) is 4.07. The molecular weight excluding hydrogens is 460 g/mol. The number of piperazine rings is 1. The van der Waals surface area contributed by atoms with Crippen molar-refractivity contribution in [2.24, 2.45) is 0 Å². The number of likely N-dealkylation sites (tertiary alicyclic amines) is 1. The molecule has 182 valence electrons. The smallest absolute Gasteiger partial charge is 0.229 e. The normalized spacial score (nSPS) is 26.4. The summed E-state index contributed by atoms with van der Waals surface area (Å²) in [6, 6.07) is 5.02. The summed E-state index contributed by atoms with van der Waals surface area (Å²) < 4.78 is 25.6. The van der Waals surface area contributed by atoms with Gasteiger partial charge < -0.3 is 5.32 Å². The summed E-state index contributed by atoms with van der Waals surface area (Å²) in [4.78, 5) is 12.1. The molecule has 33 heavy (non-hydrogen) atoms. The van der Waals surface area contributed by atoms with Crippen molar-refractivity contribution in [3.8, 4) is 0 Å². The van der Waals surface area contributed by atoms with Crippen molar-refractivity contribution >= 4 is 21.6 Å². The van der Waals surface area contributed by atoms with Gasteiger partial charge in [0.1, 0.15) is 6.17 Å². The number of sulfonamides is 1. The van der Waals surface area contributed by atoms with Crippen LogP contribution < -0.4 is 10.0 Å². The van der Waals surface area contributed by atoms with E-state index in [1.165, 1.54) is 19.1 Å². The first-order valence-electron chi connectivity index (χ1n) is 11.6. The SMILES string of the molecule is CC1=CC(NS(C)(=O)=O)=CNC1N1CCN(C2CCN(Cc3ccc(Cl)cn3)CC2)C(C)C1. The summed E-state index contributed by atoms with van der Waals surface area (Å²) in [5.41, 5.74) is 2.78. The zero-order chi connectivity index (χ0) is 23.6. The fourth-order valence-corrected chi connectivity index (χ4v) is 5.91. The number of halogens is 1. The Bertz CT molecular complexity index is 989. The number of piperidine rings is 1. The molecule has 3 aliphatic rings. The van der Waals surface area contributed by atoms with Crippen LogP contribution in [-0.4, -0.2) is 85.3 Å². The standard InChI is InChI=1S/C23H35ClN6O2S/c1-17-12-21(27-33(3,31)32)14-26-23(17)29-10-11-30(18(2)15-29)22-6-8-28(9-7-22)16-20-5-4-19(24)13-25-20/h4-5,12-14,18,22-23,26-27H,6-11,15-16H2,1-3H3. The van der Waals surface area contributed by atoms with Gasteiger partial charge >= 0.3 is 0 Å². The molecule has 0 aliphatic carbocycles. The lowest BCUT2D eigenvalue weighted by Crippen LogP contribution is -2.61. The van der Waals surface area contributed by atoms with Crippen molar-refractivity contribution in [2.75, 3.05) is 39.0 Å². The highest BCUT2D eigenvalue weighted by atomic mass is 35.5. The van der Waals surface area contributed by atoms with E-state index in [1.807, 2.05) is 18.2 Å². The maximum Gasteiger partial charge on any atom is 0.229 e. The minimum Gasteiger partial charge on any atom is -0.370 e. The predicted octanol–water partition coefficient (Wildman–Crippen LogP) is 1.97. The van der Waals surface area contributed by atoms with Gasteiger partial charge in [-0.15, -0.1) is 0 Å². The van der Waals surface area contributed by atoms with Gasteiger partial charge in [0.25, 0.3) is 0 Å². The lowest BCUT2D eigenvalue weighted by atomic mass is 9.99. The summed E-state index contributed by atoms with van der Waals surface area (Å²) in [6.07, 6.45) is 9.05. The number of allylic oxidation sites excluding steroid dienone is 1. The van der Waals surface area contributed by atoms with Crippen molar-refractivity contribution in [3.05, 3.63) is 52.6 Å². The van der Waals surface area contributed by atoms with Gasteiger partial charge in [0.15, 0.2) is 0 Å². The fourth-order valence-electron chi connectivity index (χ4n) is 5.25. The molecule has 2 atom stereocenters. The Morgan fingerprint density at radius 3 is 2.58 bits per heavy atom. The molecule has 2 N–H and O–H groups in total. The Balaban J connectivity index is 1.26. The molecule has 1 aromatic heterocycles. The first-order valence-corrected chi connectivity index (χ1v) is 13.9. The van der Waals surface area contributed by atoms with Crippen LogP contribution in [-0.2, 0) is 16.6 Å². The molecule has 2 fully saturated rings. The summed E-state index contributed by atoms with van der Waals surface area (Å²) >= 11 is 5.95. The second-order valence-corrected chi connectivity index (χ2v) is 11.7. The highest BCUT2D eigenvalue weighted by molar-refractivity contribution is 7.88. The van der Waals surface area contributed by atoms with E-state index in [0.29, 0.717) is 22.8 Å². The largest absolute Gasteiger partial charge is 0.370 e. The molecule has 0 spiro atoms. The molecule has 0 bridgehead atoms. The number of pyridine rings is 1. The van der Waals surface area contributed by atoms with Crippen LogP contribution in [0.2, 0.25) is 5.02 Å². The zero-order valence-electron chi connectivity index (χ0n) is 19.7. The minimum atomic E-state index is -3.28. The van der Waals surface area contributed by atoms with Crippen molar-refractivity contribution in [1.29, 1.82) is 0 Å². The summed E-state index contributed by atoms with van der Waals surface area (Å²) in [5.74, 6) is 0. The number of hydrogen-bond donors (Lipinski definition) is 2. The van der Waals surface area contributed by atoms with Crippen molar-refractivity contribution in [1.82, 2.24) is 29.7 Å². The van der Waals surface area contributed by atoms with E-state index < -0.39 is 10.0 Å². The summed E-state index contributed by atoms with van der Waals surface area (Å²) in [7, 11) is -3.28. The number of nitrogens with zero attached hydrogens (tertiary/aromatic N) is 4. The Kier molecular flexibility index (Phi) is 7.65. The van der Waals surface area contributed by atoms with Crippen LogP contribution in [0.4, 0.5) is 0 Å². The third-order valence-corrected chi connectivity index (χ3v) is 7.62. The molecule has 10 heteroatoms. The van der Waals surface area contributed by atoms with Crippen molar-refractivity contribution in [2.45, 2.75) is 51.5 Å². The van der Waals surface area contributed by atoms with Gasteiger partial charge in [-0.05, 0) is 50.5 Å². The molecule has 0 aromatic carbocycles. The van der Waals surface area contributed by atoms with Gasteiger partial charge in [0, 0.05) is 63.7 Å². The zero-order valence-corrected chi connectivity index (χ0v) is 21.2. The Morgan fingerprint density at radius 2 is 1.97 bits per heavy atom. The lowest BCUT2D eigenvalue weighted by Gasteiger charge is -2.48. The molecule has 3 aliphatic heterocycles. The van der Waals surface area contributed by atoms with Crippen LogP contribution in [0.5, 0.6) is 0 Å². The molecule has 4 rings (SSSR count). The average Bonchev–Trinajstić information content (AvgIpc) is 2.75. The first kappa shape index (κ1) is 24.5. The number of aromatic nitrogens is 1. The van der Waals surface area contributed by atoms with E-state index in [1.54, 1.807) is 12.4 Å². The van der Waals surface area contributed by atoms with Crippen LogP contribution in [0, 0.1) is 0 Å². The number of dihydropyridines is 1. The third-order valence-electron chi connectivity index (χ3n) is 6.79. The number of hydrogen-bond acceptors (Lipinski definition) is 7. The van der Waals surface area contributed by atoms with Gasteiger partial charge in [-0.3, -0.25) is 24.4 Å². The third kappa shape index (κ3) is 6.48. The highest BCUT2D eigenvalue weighted by Gasteiger charge is 2.34. The maximum atomic E-state index is 11.5. The second-order valence-electron chi connectivity index (χ2n) is 9.49. The summed E-state index contributed by atoms with van der Waals surface area (Å²) in [6.45, 7) is 10.5. The Labute approximate surface area is 202 Å². The van der Waals surface area contributed by atoms with E-state index in [0.717, 1.165) is 50.5 Å². The van der Waals surface area contributed by atoms with Crippen LogP contribution in [0.15, 0.2) is 41.9 Å². The van der Waals surface area contributed by atoms with E-state index in [4.69, 9.17) is 11.6 Å². The quantitative estimate of drug-likeness (QED) is 0.625. The highest BCUT2D eigenvalue weighted by Crippen LogP contribution is 2.25. The molecule has 2 unspecified atom stereocenters. The molecule has 8 nitrogen and oxygen atoms in total. The van der Waals surface area contributed by atoms with Crippen LogP contribution in [0.25, 0.3) is 0 Å². The Hall–Kier alpha value is -1.65. The molecule has 0 saturated carbocycles. The first-order chi connectivity index (χ1) is 15.7.